The molecule has 1 aromatic heterocycles. The predicted molar refractivity (Wildman–Crippen MR) is 186 cm³/mol. The Morgan fingerprint density at radius 1 is 0.698 bits per heavy atom. The number of esters is 4. The molecular weight excluding hydrogens is 688 g/mol. The zero-order valence-electron chi connectivity index (χ0n) is 31.6. The van der Waals surface area contributed by atoms with E-state index in [0.29, 0.717) is 12.8 Å². The molecule has 2 unspecified atom stereocenters. The summed E-state index contributed by atoms with van der Waals surface area (Å²) in [6, 6.07) is 6.40. The van der Waals surface area contributed by atoms with Gasteiger partial charge in [-0.05, 0) is 65.5 Å². The van der Waals surface area contributed by atoms with E-state index in [-0.39, 0.29) is 57.6 Å². The van der Waals surface area contributed by atoms with Crippen LogP contribution in [0.5, 0.6) is 17.2 Å². The number of hydrogen-bond donors (Lipinski definition) is 0. The van der Waals surface area contributed by atoms with Crippen LogP contribution >= 0.6 is 0 Å². The molecular formula is C40H44O13. The largest absolute Gasteiger partial charge is 0.496 e. The summed E-state index contributed by atoms with van der Waals surface area (Å²) >= 11 is 0. The van der Waals surface area contributed by atoms with E-state index in [9.17, 15) is 24.0 Å². The van der Waals surface area contributed by atoms with Crippen LogP contribution in [-0.4, -0.2) is 61.0 Å². The fraction of sp³-hybridized carbons (Fsp3) is 0.575. The van der Waals surface area contributed by atoms with Gasteiger partial charge in [-0.2, -0.15) is 0 Å². The number of rotatable bonds is 6. The second kappa shape index (κ2) is 10.4. The lowest BCUT2D eigenvalue weighted by Gasteiger charge is -2.46. The van der Waals surface area contributed by atoms with E-state index >= 15 is 0 Å². The lowest BCUT2D eigenvalue weighted by Crippen LogP contribution is -2.57. The minimum absolute atomic E-state index is 0.0247. The molecule has 6 atom stereocenters. The molecule has 0 amide bonds. The monoisotopic (exact) mass is 732 g/mol. The van der Waals surface area contributed by atoms with E-state index < -0.39 is 80.0 Å². The van der Waals surface area contributed by atoms with Gasteiger partial charge in [0.25, 0.3) is 0 Å². The molecule has 2 aliphatic carbocycles. The standard InChI is InChI=1S/C40H44O13/c1-34(2)29(50-33(45)40-17-15-38(8,31(43)53-40)36(40,5)6)28(49-32(44)39-16-14-37(7,30(42)52-39)35(39,3)4)24-22(51-34)18-21(47-10)23-25(41)19-12-11-13-20(46-9)26(19)48-27(23)24/h11-13,18,28-29H,14-17H2,1-10H3/t28-,29-,37?,38?,39-,40-/m1/s1. The van der Waals surface area contributed by atoms with Crippen molar-refractivity contribution in [1.82, 2.24) is 0 Å². The Bertz CT molecular complexity index is 2250. The van der Waals surface area contributed by atoms with Gasteiger partial charge in [0.05, 0.1) is 36.0 Å². The van der Waals surface area contributed by atoms with Crippen LogP contribution in [0, 0.1) is 21.7 Å². The summed E-state index contributed by atoms with van der Waals surface area (Å²) < 4.78 is 49.0. The maximum atomic E-state index is 14.8. The average molecular weight is 733 g/mol. The molecule has 3 aromatic rings. The van der Waals surface area contributed by atoms with Crippen LogP contribution in [0.3, 0.4) is 0 Å². The minimum atomic E-state index is -1.66. The van der Waals surface area contributed by atoms with Gasteiger partial charge in [-0.25, -0.2) is 9.59 Å². The molecule has 0 spiro atoms. The Kier molecular flexibility index (Phi) is 6.94. The van der Waals surface area contributed by atoms with Crippen LogP contribution in [0.4, 0.5) is 0 Å². The Hall–Kier alpha value is -4.81. The SMILES string of the molecule is COc1cccc2c(=O)c3c(OC)cc4c(c3oc12)[C@@H](OC(=O)[C@@]12CCC(C)(C(=O)O1)C2(C)C)[C@@H](OC(=O)[C@@]12CCC(C)(C(=O)O1)C2(C)C)C(C)(C)O4. The molecule has 5 aliphatic rings. The smallest absolute Gasteiger partial charge is 0.351 e. The zero-order valence-corrected chi connectivity index (χ0v) is 31.6. The second-order valence-electron chi connectivity index (χ2n) is 17.2. The summed E-state index contributed by atoms with van der Waals surface area (Å²) in [7, 11) is 2.84. The van der Waals surface area contributed by atoms with Crippen molar-refractivity contribution in [2.75, 3.05) is 14.2 Å². The topological polar surface area (TPSA) is 163 Å². The van der Waals surface area contributed by atoms with Gasteiger partial charge in [0, 0.05) is 16.9 Å². The highest BCUT2D eigenvalue weighted by molar-refractivity contribution is 5.99. The maximum absolute atomic E-state index is 14.8. The van der Waals surface area contributed by atoms with Gasteiger partial charge in [-0.1, -0.05) is 33.8 Å². The fourth-order valence-corrected chi connectivity index (χ4v) is 9.67. The Morgan fingerprint density at radius 2 is 1.25 bits per heavy atom. The van der Waals surface area contributed by atoms with Crippen molar-refractivity contribution in [3.8, 4) is 17.2 Å². The molecule has 0 N–H and O–H groups in total. The predicted octanol–water partition coefficient (Wildman–Crippen LogP) is 5.87. The van der Waals surface area contributed by atoms with E-state index in [4.69, 9.17) is 37.6 Å². The molecule has 2 saturated heterocycles. The van der Waals surface area contributed by atoms with E-state index in [1.807, 2.05) is 0 Å². The van der Waals surface area contributed by atoms with Crippen LogP contribution in [-0.2, 0) is 38.1 Å². The van der Waals surface area contributed by atoms with Gasteiger partial charge in [-0.15, -0.1) is 0 Å². The molecule has 8 rings (SSSR count). The average Bonchev–Trinajstić information content (AvgIpc) is 3.56. The fourth-order valence-electron chi connectivity index (χ4n) is 9.67. The lowest BCUT2D eigenvalue weighted by molar-refractivity contribution is -0.217. The van der Waals surface area contributed by atoms with E-state index in [1.165, 1.54) is 20.3 Å². The van der Waals surface area contributed by atoms with E-state index in [1.54, 1.807) is 73.6 Å². The first-order valence-corrected chi connectivity index (χ1v) is 17.9. The summed E-state index contributed by atoms with van der Waals surface area (Å²) in [6.45, 7) is 14.1. The molecule has 4 bridgehead atoms. The lowest BCUT2D eigenvalue weighted by atomic mass is 9.66. The number of carbonyl (C=O) groups excluding carboxylic acids is 4. The molecule has 4 heterocycles. The van der Waals surface area contributed by atoms with Crippen molar-refractivity contribution in [2.45, 2.75) is 110 Å². The second-order valence-corrected chi connectivity index (χ2v) is 17.2. The number of carbonyl (C=O) groups is 4. The first kappa shape index (κ1) is 35.2. The maximum Gasteiger partial charge on any atom is 0.351 e. The van der Waals surface area contributed by atoms with Gasteiger partial charge in [0.1, 0.15) is 22.5 Å². The molecule has 0 radical (unpaired) electrons. The summed E-state index contributed by atoms with van der Waals surface area (Å²) in [4.78, 5) is 70.1. The van der Waals surface area contributed by atoms with E-state index in [0.717, 1.165) is 0 Å². The number of hydrogen-bond acceptors (Lipinski definition) is 13. The van der Waals surface area contributed by atoms with Crippen LogP contribution in [0.2, 0.25) is 0 Å². The van der Waals surface area contributed by atoms with Gasteiger partial charge in [0.2, 0.25) is 16.6 Å². The minimum Gasteiger partial charge on any atom is -0.496 e. The van der Waals surface area contributed by atoms with Crippen molar-refractivity contribution in [1.29, 1.82) is 0 Å². The Labute approximate surface area is 305 Å². The zero-order chi connectivity index (χ0) is 38.5. The highest BCUT2D eigenvalue weighted by Crippen LogP contribution is 2.68. The number of ether oxygens (including phenoxy) is 7. The third-order valence-corrected chi connectivity index (χ3v) is 14.3. The number of methoxy groups -OCH3 is 2. The van der Waals surface area contributed by atoms with Crippen LogP contribution in [0.1, 0.15) is 92.7 Å². The highest BCUT2D eigenvalue weighted by Gasteiger charge is 2.78. The molecule has 13 heteroatoms. The Morgan fingerprint density at radius 3 is 1.74 bits per heavy atom. The van der Waals surface area contributed by atoms with Gasteiger partial charge < -0.3 is 37.6 Å². The van der Waals surface area contributed by atoms with E-state index in [2.05, 4.69) is 0 Å². The summed E-state index contributed by atoms with van der Waals surface area (Å²) in [6.07, 6.45) is -1.66. The van der Waals surface area contributed by atoms with Crippen LogP contribution in [0.15, 0.2) is 33.5 Å². The summed E-state index contributed by atoms with van der Waals surface area (Å²) in [5.74, 6) is -2.14. The quantitative estimate of drug-likeness (QED) is 0.168. The van der Waals surface area contributed by atoms with Crippen LogP contribution < -0.4 is 19.6 Å². The van der Waals surface area contributed by atoms with Gasteiger partial charge >= 0.3 is 23.9 Å². The Balaban J connectivity index is 1.35. The summed E-state index contributed by atoms with van der Waals surface area (Å²) in [5.41, 5.74) is -8.79. The molecule has 4 fully saturated rings. The van der Waals surface area contributed by atoms with Crippen molar-refractivity contribution >= 4 is 45.8 Å². The number of fused-ring (bicyclic) bond motifs is 8. The molecule has 13 nitrogen and oxygen atoms in total. The normalized spacial score (nSPS) is 33.9. The number of benzene rings is 2. The first-order valence-electron chi connectivity index (χ1n) is 17.9. The van der Waals surface area contributed by atoms with Crippen molar-refractivity contribution in [3.05, 3.63) is 40.1 Å². The molecule has 2 aromatic carbocycles. The molecule has 2 saturated carbocycles. The molecule has 53 heavy (non-hydrogen) atoms. The first-order chi connectivity index (χ1) is 24.7. The van der Waals surface area contributed by atoms with Crippen LogP contribution in [0.25, 0.3) is 21.9 Å². The molecule has 282 valence electrons. The number of para-hydroxylation sites is 1. The highest BCUT2D eigenvalue weighted by atomic mass is 16.7. The van der Waals surface area contributed by atoms with Crippen molar-refractivity contribution < 1.29 is 56.8 Å². The third-order valence-electron chi connectivity index (χ3n) is 14.3. The van der Waals surface area contributed by atoms with Gasteiger partial charge in [0.15, 0.2) is 29.1 Å². The van der Waals surface area contributed by atoms with Crippen molar-refractivity contribution in [3.63, 3.8) is 0 Å². The third kappa shape index (κ3) is 3.95. The summed E-state index contributed by atoms with van der Waals surface area (Å²) in [5, 5.41) is 0.234. The molecule has 3 aliphatic heterocycles. The van der Waals surface area contributed by atoms with Gasteiger partial charge in [-0.3, -0.25) is 14.4 Å². The van der Waals surface area contributed by atoms with Crippen molar-refractivity contribution in [2.24, 2.45) is 21.7 Å².